The fourth-order valence-corrected chi connectivity index (χ4v) is 6.78. The lowest BCUT2D eigenvalue weighted by Crippen LogP contribution is -1.96. The molecule has 0 N–H and O–H groups in total. The molecule has 0 bridgehead atoms. The number of aromatic nitrogens is 3. The van der Waals surface area contributed by atoms with Crippen LogP contribution in [0.4, 0.5) is 0 Å². The van der Waals surface area contributed by atoms with E-state index in [0.717, 1.165) is 55.4 Å². The van der Waals surface area contributed by atoms with E-state index in [0.29, 0.717) is 0 Å². The third-order valence-corrected chi connectivity index (χ3v) is 8.84. The smallest absolute Gasteiger partial charge is 0.0978 e. The van der Waals surface area contributed by atoms with Crippen molar-refractivity contribution >= 4 is 43.6 Å². The molecule has 3 aromatic heterocycles. The first-order valence-corrected chi connectivity index (χ1v) is 15.3. The summed E-state index contributed by atoms with van der Waals surface area (Å²) in [5, 5.41) is 4.69. The Morgan fingerprint density at radius 3 is 1.67 bits per heavy atom. The summed E-state index contributed by atoms with van der Waals surface area (Å²) in [7, 11) is 0. The van der Waals surface area contributed by atoms with E-state index < -0.39 is 0 Å². The highest BCUT2D eigenvalue weighted by molar-refractivity contribution is 6.13. The zero-order chi connectivity index (χ0) is 29.7. The van der Waals surface area contributed by atoms with Gasteiger partial charge in [-0.15, -0.1) is 0 Å². The molecule has 0 atom stereocenters. The quantitative estimate of drug-likeness (QED) is 0.196. The zero-order valence-corrected chi connectivity index (χ0v) is 24.4. The molecule has 3 nitrogen and oxygen atoms in total. The largest absolute Gasteiger partial charge is 0.309 e. The van der Waals surface area contributed by atoms with Crippen molar-refractivity contribution in [2.45, 2.75) is 0 Å². The zero-order valence-electron chi connectivity index (χ0n) is 24.4. The topological polar surface area (TPSA) is 30.7 Å². The van der Waals surface area contributed by atoms with E-state index in [-0.39, 0.29) is 0 Å². The summed E-state index contributed by atoms with van der Waals surface area (Å²) < 4.78 is 2.36. The molecule has 0 aliphatic carbocycles. The molecule has 0 fully saturated rings. The van der Waals surface area contributed by atoms with Crippen molar-refractivity contribution in [1.82, 2.24) is 14.5 Å². The maximum atomic E-state index is 5.37. The van der Waals surface area contributed by atoms with Crippen LogP contribution in [0.15, 0.2) is 164 Å². The maximum Gasteiger partial charge on any atom is 0.0978 e. The van der Waals surface area contributed by atoms with Crippen LogP contribution in [0.5, 0.6) is 0 Å². The van der Waals surface area contributed by atoms with E-state index in [1.807, 2.05) is 6.20 Å². The Morgan fingerprint density at radius 1 is 0.400 bits per heavy atom. The highest BCUT2D eigenvalue weighted by Gasteiger charge is 2.16. The predicted molar refractivity (Wildman–Crippen MR) is 188 cm³/mol. The van der Waals surface area contributed by atoms with Gasteiger partial charge in [0.25, 0.3) is 0 Å². The molecule has 210 valence electrons. The highest BCUT2D eigenvalue weighted by atomic mass is 15.0. The number of pyridine rings is 2. The summed E-state index contributed by atoms with van der Waals surface area (Å²) in [5.74, 6) is 0. The summed E-state index contributed by atoms with van der Waals surface area (Å²) in [6.45, 7) is 0. The molecule has 0 unspecified atom stereocenters. The van der Waals surface area contributed by atoms with Crippen LogP contribution in [0.2, 0.25) is 0 Å². The molecule has 0 amide bonds. The number of hydrogen-bond donors (Lipinski definition) is 0. The Hall–Kier alpha value is -6.06. The second kappa shape index (κ2) is 10.3. The fourth-order valence-electron chi connectivity index (χ4n) is 6.78. The van der Waals surface area contributed by atoms with Gasteiger partial charge in [0, 0.05) is 39.0 Å². The molecule has 0 aliphatic heterocycles. The predicted octanol–water partition coefficient (Wildman–Crippen LogP) is 10.9. The van der Waals surface area contributed by atoms with Gasteiger partial charge in [-0.2, -0.15) is 0 Å². The molecule has 9 rings (SSSR count). The monoisotopic (exact) mass is 573 g/mol. The van der Waals surface area contributed by atoms with Crippen molar-refractivity contribution in [1.29, 1.82) is 0 Å². The summed E-state index contributed by atoms with van der Waals surface area (Å²) in [4.78, 5) is 10.3. The molecular weight excluding hydrogens is 546 g/mol. The van der Waals surface area contributed by atoms with E-state index >= 15 is 0 Å². The Balaban J connectivity index is 1.31. The van der Waals surface area contributed by atoms with Crippen LogP contribution in [-0.4, -0.2) is 14.5 Å². The second-order valence-corrected chi connectivity index (χ2v) is 11.4. The third-order valence-electron chi connectivity index (χ3n) is 8.84. The molecule has 45 heavy (non-hydrogen) atoms. The van der Waals surface area contributed by atoms with Crippen LogP contribution < -0.4 is 0 Å². The first-order chi connectivity index (χ1) is 22.3. The average Bonchev–Trinajstić information content (AvgIpc) is 3.46. The van der Waals surface area contributed by atoms with Crippen LogP contribution in [0, 0.1) is 0 Å². The molecule has 3 heteroatoms. The van der Waals surface area contributed by atoms with Crippen molar-refractivity contribution in [3.05, 3.63) is 164 Å². The van der Waals surface area contributed by atoms with Crippen LogP contribution in [0.1, 0.15) is 0 Å². The summed E-state index contributed by atoms with van der Waals surface area (Å²) in [6.07, 6.45) is 1.91. The van der Waals surface area contributed by atoms with Crippen LogP contribution in [0.3, 0.4) is 0 Å². The van der Waals surface area contributed by atoms with Crippen molar-refractivity contribution < 1.29 is 0 Å². The van der Waals surface area contributed by atoms with Crippen LogP contribution in [0.25, 0.3) is 82.8 Å². The first-order valence-electron chi connectivity index (χ1n) is 15.3. The van der Waals surface area contributed by atoms with Gasteiger partial charge >= 0.3 is 0 Å². The lowest BCUT2D eigenvalue weighted by molar-refractivity contribution is 1.18. The Kier molecular flexibility index (Phi) is 5.82. The van der Waals surface area contributed by atoms with E-state index in [1.165, 1.54) is 27.4 Å². The molecule has 0 aliphatic rings. The average molecular weight is 574 g/mol. The van der Waals surface area contributed by atoms with E-state index in [4.69, 9.17) is 9.97 Å². The van der Waals surface area contributed by atoms with Crippen molar-refractivity contribution in [3.63, 3.8) is 0 Å². The lowest BCUT2D eigenvalue weighted by atomic mass is 9.95. The van der Waals surface area contributed by atoms with E-state index in [2.05, 4.69) is 162 Å². The molecule has 0 saturated heterocycles. The van der Waals surface area contributed by atoms with Gasteiger partial charge in [0.1, 0.15) is 0 Å². The minimum atomic E-state index is 0.906. The molecular formula is C42H27N3. The lowest BCUT2D eigenvalue weighted by Gasteiger charge is -2.15. The van der Waals surface area contributed by atoms with Gasteiger partial charge in [-0.3, -0.25) is 4.98 Å². The number of nitrogens with zero attached hydrogens (tertiary/aromatic N) is 3. The van der Waals surface area contributed by atoms with Gasteiger partial charge in [0.05, 0.1) is 27.8 Å². The fraction of sp³-hybridized carbons (Fsp3) is 0. The Bertz CT molecular complexity index is 2480. The molecule has 0 saturated carbocycles. The van der Waals surface area contributed by atoms with Gasteiger partial charge in [-0.1, -0.05) is 121 Å². The van der Waals surface area contributed by atoms with Crippen molar-refractivity contribution in [2.24, 2.45) is 0 Å². The normalized spacial score (nSPS) is 11.6. The van der Waals surface area contributed by atoms with Gasteiger partial charge < -0.3 is 4.57 Å². The number of hydrogen-bond acceptors (Lipinski definition) is 2. The molecule has 3 heterocycles. The molecule has 0 spiro atoms. The second-order valence-electron chi connectivity index (χ2n) is 11.4. The molecule has 6 aromatic carbocycles. The highest BCUT2D eigenvalue weighted by Crippen LogP contribution is 2.38. The number of fused-ring (bicyclic) bond motifs is 6. The minimum Gasteiger partial charge on any atom is -0.309 e. The van der Waals surface area contributed by atoms with Crippen LogP contribution >= 0.6 is 0 Å². The standard InChI is InChI=1S/C42H27N3/c1-3-12-28(13-4-1)32-24-25-43-41-35(32)22-23-36-37(29-14-5-2-6-15-29)27-38(44-42(36)41)30-16-11-17-31(26-30)45-39-20-9-7-18-33(39)34-19-8-10-21-40(34)45/h1-27H. The van der Waals surface area contributed by atoms with E-state index in [1.54, 1.807) is 0 Å². The molecule has 0 radical (unpaired) electrons. The SMILES string of the molecule is c1ccc(-c2ccnc3c2ccc2c(-c4ccccc4)cc(-c4cccc(-n5c6ccccc6c6ccccc65)c4)nc23)cc1. The number of benzene rings is 6. The number of para-hydroxylation sites is 2. The summed E-state index contributed by atoms with van der Waals surface area (Å²) >= 11 is 0. The number of rotatable bonds is 4. The Labute approximate surface area is 260 Å². The summed E-state index contributed by atoms with van der Waals surface area (Å²) in [6, 6.07) is 55.8. The minimum absolute atomic E-state index is 0.906. The van der Waals surface area contributed by atoms with Gasteiger partial charge in [0.15, 0.2) is 0 Å². The molecule has 9 aromatic rings. The van der Waals surface area contributed by atoms with Crippen LogP contribution in [-0.2, 0) is 0 Å². The third kappa shape index (κ3) is 4.13. The van der Waals surface area contributed by atoms with Crippen molar-refractivity contribution in [3.8, 4) is 39.2 Å². The Morgan fingerprint density at radius 2 is 0.978 bits per heavy atom. The van der Waals surface area contributed by atoms with E-state index in [9.17, 15) is 0 Å². The summed E-state index contributed by atoms with van der Waals surface area (Å²) in [5.41, 5.74) is 11.9. The van der Waals surface area contributed by atoms with Gasteiger partial charge in [0.2, 0.25) is 0 Å². The van der Waals surface area contributed by atoms with Gasteiger partial charge in [-0.25, -0.2) is 4.98 Å². The first kappa shape index (κ1) is 25.4. The van der Waals surface area contributed by atoms with Crippen molar-refractivity contribution in [2.75, 3.05) is 0 Å². The maximum absolute atomic E-state index is 5.37. The van der Waals surface area contributed by atoms with Gasteiger partial charge in [-0.05, 0) is 58.7 Å².